The molecule has 3 rings (SSSR count). The first-order valence-electron chi connectivity index (χ1n) is 7.06. The molecule has 1 aromatic heterocycles. The van der Waals surface area contributed by atoms with Gasteiger partial charge in [0, 0.05) is 13.0 Å². The van der Waals surface area contributed by atoms with E-state index in [4.69, 9.17) is 10.2 Å². The van der Waals surface area contributed by atoms with E-state index in [2.05, 4.69) is 22.4 Å². The second-order valence-electron chi connectivity index (χ2n) is 5.51. The van der Waals surface area contributed by atoms with Gasteiger partial charge >= 0.3 is 0 Å². The van der Waals surface area contributed by atoms with E-state index in [0.29, 0.717) is 11.8 Å². The van der Waals surface area contributed by atoms with Crippen LogP contribution in [0.4, 0.5) is 0 Å². The highest BCUT2D eigenvalue weighted by molar-refractivity contribution is 5.73. The van der Waals surface area contributed by atoms with Crippen LogP contribution in [0.5, 0.6) is 0 Å². The van der Waals surface area contributed by atoms with Crippen molar-refractivity contribution in [1.82, 2.24) is 10.3 Å². The number of aryl methyl sites for hydroxylation is 1. The van der Waals surface area contributed by atoms with E-state index in [1.807, 2.05) is 13.0 Å². The van der Waals surface area contributed by atoms with Crippen molar-refractivity contribution in [3.05, 3.63) is 29.7 Å². The van der Waals surface area contributed by atoms with E-state index in [1.165, 1.54) is 12.8 Å². The number of nitrogens with one attached hydrogen (secondary N) is 1. The maximum absolute atomic E-state index is 6.34. The smallest absolute Gasteiger partial charge is 0.192 e. The van der Waals surface area contributed by atoms with E-state index < -0.39 is 0 Å². The lowest BCUT2D eigenvalue weighted by atomic mass is 9.90. The fraction of sp³-hybridized carbons (Fsp3) is 0.533. The minimum absolute atomic E-state index is 0.0892. The molecule has 1 fully saturated rings. The summed E-state index contributed by atoms with van der Waals surface area (Å²) in [5.74, 6) is 1.40. The SMILES string of the molecule is Cc1nc2cc(C(N)CC3CCCNC3)ccc2o1. The van der Waals surface area contributed by atoms with Crippen LogP contribution in [-0.4, -0.2) is 18.1 Å². The highest BCUT2D eigenvalue weighted by Gasteiger charge is 2.18. The molecule has 102 valence electrons. The van der Waals surface area contributed by atoms with Gasteiger partial charge in [-0.05, 0) is 56.0 Å². The van der Waals surface area contributed by atoms with Gasteiger partial charge in [-0.3, -0.25) is 0 Å². The van der Waals surface area contributed by atoms with Crippen molar-refractivity contribution in [2.24, 2.45) is 11.7 Å². The zero-order chi connectivity index (χ0) is 13.2. The third-order valence-electron chi connectivity index (χ3n) is 3.93. The molecule has 0 saturated carbocycles. The Bertz CT molecular complexity index is 558. The Kier molecular flexibility index (Phi) is 3.53. The number of hydrogen-bond acceptors (Lipinski definition) is 4. The molecule has 4 heteroatoms. The predicted molar refractivity (Wildman–Crippen MR) is 75.9 cm³/mol. The van der Waals surface area contributed by atoms with Gasteiger partial charge in [-0.15, -0.1) is 0 Å². The zero-order valence-corrected chi connectivity index (χ0v) is 11.4. The van der Waals surface area contributed by atoms with E-state index in [-0.39, 0.29) is 6.04 Å². The van der Waals surface area contributed by atoms with Crippen LogP contribution in [0.25, 0.3) is 11.1 Å². The molecular formula is C15H21N3O. The number of oxazole rings is 1. The molecule has 1 aliphatic heterocycles. The van der Waals surface area contributed by atoms with Gasteiger partial charge in [0.2, 0.25) is 0 Å². The summed E-state index contributed by atoms with van der Waals surface area (Å²) in [6.07, 6.45) is 3.58. The van der Waals surface area contributed by atoms with Crippen LogP contribution in [0.2, 0.25) is 0 Å². The minimum atomic E-state index is 0.0892. The van der Waals surface area contributed by atoms with Crippen molar-refractivity contribution in [1.29, 1.82) is 0 Å². The lowest BCUT2D eigenvalue weighted by Gasteiger charge is -2.25. The third-order valence-corrected chi connectivity index (χ3v) is 3.93. The minimum Gasteiger partial charge on any atom is -0.441 e. The summed E-state index contributed by atoms with van der Waals surface area (Å²) in [7, 11) is 0. The van der Waals surface area contributed by atoms with Crippen molar-refractivity contribution >= 4 is 11.1 Å². The van der Waals surface area contributed by atoms with Crippen molar-refractivity contribution in [3.63, 3.8) is 0 Å². The summed E-state index contributed by atoms with van der Waals surface area (Å²) in [5, 5.41) is 3.44. The Balaban J connectivity index is 1.74. The number of hydrogen-bond donors (Lipinski definition) is 2. The highest BCUT2D eigenvalue weighted by atomic mass is 16.3. The van der Waals surface area contributed by atoms with Gasteiger partial charge in [-0.2, -0.15) is 0 Å². The number of nitrogens with two attached hydrogens (primary N) is 1. The molecule has 19 heavy (non-hydrogen) atoms. The molecule has 2 aromatic rings. The van der Waals surface area contributed by atoms with Crippen molar-refractivity contribution in [2.45, 2.75) is 32.2 Å². The fourth-order valence-electron chi connectivity index (χ4n) is 2.91. The third kappa shape index (κ3) is 2.80. The number of benzene rings is 1. The number of piperidine rings is 1. The van der Waals surface area contributed by atoms with Gasteiger partial charge < -0.3 is 15.5 Å². The molecule has 0 bridgehead atoms. The average molecular weight is 259 g/mol. The lowest BCUT2D eigenvalue weighted by Crippen LogP contribution is -2.31. The second kappa shape index (κ2) is 5.31. The summed E-state index contributed by atoms with van der Waals surface area (Å²) in [4.78, 5) is 4.37. The Morgan fingerprint density at radius 3 is 3.21 bits per heavy atom. The normalized spacial score (nSPS) is 21.7. The Hall–Kier alpha value is -1.39. The summed E-state index contributed by atoms with van der Waals surface area (Å²) < 4.78 is 5.49. The molecule has 0 radical (unpaired) electrons. The quantitative estimate of drug-likeness (QED) is 0.889. The first-order valence-corrected chi connectivity index (χ1v) is 7.06. The van der Waals surface area contributed by atoms with Gasteiger partial charge in [0.1, 0.15) is 5.52 Å². The molecule has 2 unspecified atom stereocenters. The monoisotopic (exact) mass is 259 g/mol. The van der Waals surface area contributed by atoms with E-state index in [0.717, 1.165) is 36.2 Å². The molecular weight excluding hydrogens is 238 g/mol. The first-order chi connectivity index (χ1) is 9.22. The molecule has 3 N–H and O–H groups in total. The summed E-state index contributed by atoms with van der Waals surface area (Å²) in [6, 6.07) is 6.19. The second-order valence-corrected chi connectivity index (χ2v) is 5.51. The molecule has 4 nitrogen and oxygen atoms in total. The van der Waals surface area contributed by atoms with E-state index >= 15 is 0 Å². The molecule has 0 aliphatic carbocycles. The largest absolute Gasteiger partial charge is 0.441 e. The van der Waals surface area contributed by atoms with Gasteiger partial charge in [-0.25, -0.2) is 4.98 Å². The van der Waals surface area contributed by atoms with Crippen molar-refractivity contribution in [2.75, 3.05) is 13.1 Å². The number of nitrogens with zero attached hydrogens (tertiary/aromatic N) is 1. The van der Waals surface area contributed by atoms with Crippen LogP contribution in [0.1, 0.15) is 36.8 Å². The van der Waals surface area contributed by atoms with Crippen LogP contribution in [0.3, 0.4) is 0 Å². The first kappa shape index (κ1) is 12.6. The maximum Gasteiger partial charge on any atom is 0.192 e. The van der Waals surface area contributed by atoms with Crippen molar-refractivity contribution < 1.29 is 4.42 Å². The summed E-state index contributed by atoms with van der Waals surface area (Å²) >= 11 is 0. The molecule has 0 spiro atoms. The lowest BCUT2D eigenvalue weighted by molar-refractivity contribution is 0.337. The molecule has 2 atom stereocenters. The Morgan fingerprint density at radius 2 is 2.42 bits per heavy atom. The fourth-order valence-corrected chi connectivity index (χ4v) is 2.91. The number of aromatic nitrogens is 1. The Morgan fingerprint density at radius 1 is 1.53 bits per heavy atom. The predicted octanol–water partition coefficient (Wildman–Crippen LogP) is 2.53. The van der Waals surface area contributed by atoms with Crippen LogP contribution < -0.4 is 11.1 Å². The standard InChI is InChI=1S/C15H21N3O/c1-10-18-14-8-12(4-5-15(14)19-10)13(16)7-11-3-2-6-17-9-11/h4-5,8,11,13,17H,2-3,6-7,9,16H2,1H3. The molecule has 1 aromatic carbocycles. The summed E-state index contributed by atoms with van der Waals surface area (Å²) in [6.45, 7) is 4.11. The Labute approximate surface area is 113 Å². The van der Waals surface area contributed by atoms with Crippen LogP contribution in [0.15, 0.2) is 22.6 Å². The van der Waals surface area contributed by atoms with Gasteiger partial charge in [0.05, 0.1) is 0 Å². The van der Waals surface area contributed by atoms with E-state index in [1.54, 1.807) is 0 Å². The van der Waals surface area contributed by atoms with Gasteiger partial charge in [0.25, 0.3) is 0 Å². The van der Waals surface area contributed by atoms with Gasteiger partial charge in [0.15, 0.2) is 11.5 Å². The maximum atomic E-state index is 6.34. The van der Waals surface area contributed by atoms with Crippen LogP contribution in [-0.2, 0) is 0 Å². The van der Waals surface area contributed by atoms with E-state index in [9.17, 15) is 0 Å². The zero-order valence-electron chi connectivity index (χ0n) is 11.4. The van der Waals surface area contributed by atoms with Crippen LogP contribution in [0, 0.1) is 12.8 Å². The van der Waals surface area contributed by atoms with Gasteiger partial charge in [-0.1, -0.05) is 6.07 Å². The molecule has 0 amide bonds. The molecule has 1 saturated heterocycles. The highest BCUT2D eigenvalue weighted by Crippen LogP contribution is 2.26. The van der Waals surface area contributed by atoms with Crippen molar-refractivity contribution in [3.8, 4) is 0 Å². The summed E-state index contributed by atoms with van der Waals surface area (Å²) in [5.41, 5.74) is 9.25. The molecule has 1 aliphatic rings. The number of fused-ring (bicyclic) bond motifs is 1. The topological polar surface area (TPSA) is 64.1 Å². The average Bonchev–Trinajstić information content (AvgIpc) is 2.78. The number of rotatable bonds is 3. The molecule has 2 heterocycles. The van der Waals surface area contributed by atoms with Crippen LogP contribution >= 0.6 is 0 Å².